The molecule has 1 aromatic heterocycles. The Morgan fingerprint density at radius 2 is 1.58 bits per heavy atom. The van der Waals surface area contributed by atoms with Crippen molar-refractivity contribution < 1.29 is 19.5 Å². The van der Waals surface area contributed by atoms with Crippen LogP contribution in [0.5, 0.6) is 0 Å². The standard InChI is InChI=1S/C25H24N2O4/c1-17(28)15-26-24(31)25(14-23(29)30)13-22(25)27-12-11-21(16-27)20-9-7-19(8-10-20)18-5-3-2-4-6-18/h2-12,16,22H,13-15H2,1H3,(H,26,31)(H,29,30). The third-order valence-electron chi connectivity index (χ3n) is 5.85. The van der Waals surface area contributed by atoms with E-state index >= 15 is 0 Å². The van der Waals surface area contributed by atoms with Crippen molar-refractivity contribution >= 4 is 17.7 Å². The van der Waals surface area contributed by atoms with Crippen LogP contribution in [0.4, 0.5) is 0 Å². The number of hydrogen-bond acceptors (Lipinski definition) is 3. The molecule has 1 aliphatic rings. The Morgan fingerprint density at radius 1 is 0.968 bits per heavy atom. The molecule has 2 N–H and O–H groups in total. The smallest absolute Gasteiger partial charge is 0.304 e. The van der Waals surface area contributed by atoms with E-state index in [2.05, 4.69) is 41.7 Å². The van der Waals surface area contributed by atoms with Gasteiger partial charge in [-0.05, 0) is 41.7 Å². The molecule has 6 heteroatoms. The predicted octanol–water partition coefficient (Wildman–Crippen LogP) is 3.93. The molecule has 0 spiro atoms. The van der Waals surface area contributed by atoms with Crippen LogP contribution in [0, 0.1) is 5.41 Å². The summed E-state index contributed by atoms with van der Waals surface area (Å²) in [6.45, 7) is 1.30. The molecular weight excluding hydrogens is 392 g/mol. The molecule has 3 aromatic rings. The maximum Gasteiger partial charge on any atom is 0.304 e. The van der Waals surface area contributed by atoms with Crippen LogP contribution in [0.15, 0.2) is 73.1 Å². The van der Waals surface area contributed by atoms with Gasteiger partial charge in [-0.3, -0.25) is 14.4 Å². The number of aromatic nitrogens is 1. The lowest BCUT2D eigenvalue weighted by molar-refractivity contribution is -0.142. The lowest BCUT2D eigenvalue weighted by Crippen LogP contribution is -2.37. The van der Waals surface area contributed by atoms with E-state index in [1.807, 2.05) is 41.2 Å². The Labute approximate surface area is 180 Å². The molecule has 2 unspecified atom stereocenters. The molecule has 1 saturated carbocycles. The van der Waals surface area contributed by atoms with E-state index in [0.29, 0.717) is 6.42 Å². The molecule has 1 heterocycles. The highest BCUT2D eigenvalue weighted by Gasteiger charge is 2.62. The van der Waals surface area contributed by atoms with Crippen molar-refractivity contribution in [3.8, 4) is 22.3 Å². The van der Waals surface area contributed by atoms with E-state index in [9.17, 15) is 19.5 Å². The second kappa shape index (κ2) is 8.22. The van der Waals surface area contributed by atoms with E-state index < -0.39 is 11.4 Å². The number of rotatable bonds is 8. The van der Waals surface area contributed by atoms with E-state index in [-0.39, 0.29) is 30.7 Å². The van der Waals surface area contributed by atoms with Gasteiger partial charge in [0.05, 0.1) is 18.4 Å². The highest BCUT2D eigenvalue weighted by atomic mass is 16.4. The largest absolute Gasteiger partial charge is 0.481 e. The van der Waals surface area contributed by atoms with Crippen molar-refractivity contribution in [3.63, 3.8) is 0 Å². The van der Waals surface area contributed by atoms with Gasteiger partial charge in [0.2, 0.25) is 5.91 Å². The van der Waals surface area contributed by atoms with Crippen LogP contribution >= 0.6 is 0 Å². The third kappa shape index (κ3) is 4.28. The molecule has 31 heavy (non-hydrogen) atoms. The second-order valence-corrected chi connectivity index (χ2v) is 8.12. The van der Waals surface area contributed by atoms with E-state index in [1.54, 1.807) is 0 Å². The number of carboxylic acids is 1. The van der Waals surface area contributed by atoms with Gasteiger partial charge in [0.15, 0.2) is 0 Å². The Bertz CT molecular complexity index is 1120. The number of nitrogens with zero attached hydrogens (tertiary/aromatic N) is 1. The molecule has 2 atom stereocenters. The summed E-state index contributed by atoms with van der Waals surface area (Å²) in [6.07, 6.45) is 4.00. The molecule has 0 aliphatic heterocycles. The van der Waals surface area contributed by atoms with Crippen LogP contribution in [0.1, 0.15) is 25.8 Å². The van der Waals surface area contributed by atoms with Crippen LogP contribution < -0.4 is 5.32 Å². The zero-order valence-electron chi connectivity index (χ0n) is 17.2. The molecule has 1 aliphatic carbocycles. The number of ketones is 1. The number of Topliss-reactive ketones (excluding diaryl/α,β-unsaturated/α-hetero) is 1. The van der Waals surface area contributed by atoms with Gasteiger partial charge < -0.3 is 15.0 Å². The highest BCUT2D eigenvalue weighted by Crippen LogP contribution is 2.59. The van der Waals surface area contributed by atoms with Crippen LogP contribution in [0.25, 0.3) is 22.3 Å². The van der Waals surface area contributed by atoms with Crippen molar-refractivity contribution in [1.29, 1.82) is 0 Å². The maximum atomic E-state index is 12.7. The summed E-state index contributed by atoms with van der Waals surface area (Å²) in [4.78, 5) is 35.3. The number of benzene rings is 2. The monoisotopic (exact) mass is 416 g/mol. The maximum absolute atomic E-state index is 12.7. The number of carbonyl (C=O) groups excluding carboxylic acids is 2. The van der Waals surface area contributed by atoms with E-state index in [1.165, 1.54) is 6.92 Å². The highest BCUT2D eigenvalue weighted by molar-refractivity contribution is 5.93. The number of aliphatic carboxylic acids is 1. The van der Waals surface area contributed by atoms with E-state index in [0.717, 1.165) is 22.3 Å². The molecule has 158 valence electrons. The molecule has 0 radical (unpaired) electrons. The van der Waals surface area contributed by atoms with Crippen molar-refractivity contribution in [2.75, 3.05) is 6.54 Å². The number of carboxylic acid groups (broad SMARTS) is 1. The van der Waals surface area contributed by atoms with Crippen LogP contribution in [0.2, 0.25) is 0 Å². The van der Waals surface area contributed by atoms with Gasteiger partial charge in [-0.2, -0.15) is 0 Å². The number of carbonyl (C=O) groups is 3. The lowest BCUT2D eigenvalue weighted by Gasteiger charge is -2.15. The quantitative estimate of drug-likeness (QED) is 0.582. The van der Waals surface area contributed by atoms with Gasteiger partial charge in [0.1, 0.15) is 5.78 Å². The van der Waals surface area contributed by atoms with Gasteiger partial charge in [0, 0.05) is 18.4 Å². The molecule has 4 rings (SSSR count). The summed E-state index contributed by atoms with van der Waals surface area (Å²) in [5.41, 5.74) is 3.31. The van der Waals surface area contributed by atoms with Crippen LogP contribution in [-0.2, 0) is 14.4 Å². The molecule has 1 amide bonds. The Morgan fingerprint density at radius 3 is 2.19 bits per heavy atom. The van der Waals surface area contributed by atoms with Gasteiger partial charge in [0.25, 0.3) is 0 Å². The first-order chi connectivity index (χ1) is 14.9. The number of hydrogen-bond donors (Lipinski definition) is 2. The normalized spacial score (nSPS) is 19.6. The van der Waals surface area contributed by atoms with Crippen LogP contribution in [0.3, 0.4) is 0 Å². The zero-order valence-corrected chi connectivity index (χ0v) is 17.2. The van der Waals surface area contributed by atoms with Gasteiger partial charge in [-0.1, -0.05) is 54.6 Å². The van der Waals surface area contributed by atoms with Crippen molar-refractivity contribution in [3.05, 3.63) is 73.1 Å². The number of nitrogens with one attached hydrogen (secondary N) is 1. The lowest BCUT2D eigenvalue weighted by atomic mass is 10.00. The fourth-order valence-electron chi connectivity index (χ4n) is 4.11. The summed E-state index contributed by atoms with van der Waals surface area (Å²) in [7, 11) is 0. The Balaban J connectivity index is 1.52. The predicted molar refractivity (Wildman–Crippen MR) is 117 cm³/mol. The Hall–Kier alpha value is -3.67. The van der Waals surface area contributed by atoms with E-state index in [4.69, 9.17) is 0 Å². The molecule has 6 nitrogen and oxygen atoms in total. The zero-order chi connectivity index (χ0) is 22.0. The van der Waals surface area contributed by atoms with Crippen molar-refractivity contribution in [2.45, 2.75) is 25.8 Å². The first kappa shape index (κ1) is 20.6. The summed E-state index contributed by atoms with van der Waals surface area (Å²) in [6, 6.07) is 20.1. The molecular formula is C25H24N2O4. The van der Waals surface area contributed by atoms with Crippen molar-refractivity contribution in [2.24, 2.45) is 5.41 Å². The fourth-order valence-corrected chi connectivity index (χ4v) is 4.11. The topological polar surface area (TPSA) is 88.4 Å². The minimum Gasteiger partial charge on any atom is -0.481 e. The second-order valence-electron chi connectivity index (χ2n) is 8.12. The number of amides is 1. The first-order valence-electron chi connectivity index (χ1n) is 10.2. The average Bonchev–Trinajstić information content (AvgIpc) is 3.27. The summed E-state index contributed by atoms with van der Waals surface area (Å²) < 4.78 is 1.91. The van der Waals surface area contributed by atoms with Gasteiger partial charge in [-0.15, -0.1) is 0 Å². The molecule has 0 saturated heterocycles. The molecule has 2 aromatic carbocycles. The Kier molecular flexibility index (Phi) is 5.46. The van der Waals surface area contributed by atoms with Crippen LogP contribution in [-0.4, -0.2) is 33.9 Å². The third-order valence-corrected chi connectivity index (χ3v) is 5.85. The minimum absolute atomic E-state index is 0.0857. The van der Waals surface area contributed by atoms with Gasteiger partial charge >= 0.3 is 5.97 Å². The fraction of sp³-hybridized carbons (Fsp3) is 0.240. The van der Waals surface area contributed by atoms with Gasteiger partial charge in [-0.25, -0.2) is 0 Å². The van der Waals surface area contributed by atoms with Crippen molar-refractivity contribution in [1.82, 2.24) is 9.88 Å². The molecule has 1 fully saturated rings. The minimum atomic E-state index is -1.02. The molecule has 0 bridgehead atoms. The SMILES string of the molecule is CC(=O)CNC(=O)C1(CC(=O)O)CC1n1ccc(-c2ccc(-c3ccccc3)cc2)c1. The first-order valence-corrected chi connectivity index (χ1v) is 10.2. The summed E-state index contributed by atoms with van der Waals surface area (Å²) in [5, 5.41) is 11.9. The summed E-state index contributed by atoms with van der Waals surface area (Å²) >= 11 is 0. The summed E-state index contributed by atoms with van der Waals surface area (Å²) in [5.74, 6) is -1.57. The average molecular weight is 416 g/mol.